The summed E-state index contributed by atoms with van der Waals surface area (Å²) in [6.07, 6.45) is 0.447. The van der Waals surface area contributed by atoms with Gasteiger partial charge in [-0.25, -0.2) is 0 Å². The van der Waals surface area contributed by atoms with E-state index in [4.69, 9.17) is 5.11 Å². The van der Waals surface area contributed by atoms with Crippen molar-refractivity contribution >= 4 is 10.2 Å². The lowest BCUT2D eigenvalue weighted by molar-refractivity contribution is 0.253. The predicted octanol–water partition coefficient (Wildman–Crippen LogP) is -0.867. The summed E-state index contributed by atoms with van der Waals surface area (Å²) < 4.78 is 28.3. The van der Waals surface area contributed by atoms with E-state index in [9.17, 15) is 8.42 Å². The first-order chi connectivity index (χ1) is 7.97. The number of nitrogens with one attached hydrogen (secondary N) is 2. The minimum atomic E-state index is -3.42. The maximum atomic E-state index is 12.1. The van der Waals surface area contributed by atoms with Gasteiger partial charge in [-0.2, -0.15) is 17.4 Å². The van der Waals surface area contributed by atoms with Crippen LogP contribution in [0.3, 0.4) is 0 Å². The first-order valence-electron chi connectivity index (χ1n) is 6.06. The molecule has 0 spiro atoms. The highest BCUT2D eigenvalue weighted by Crippen LogP contribution is 2.09. The van der Waals surface area contributed by atoms with E-state index >= 15 is 0 Å². The Balaban J connectivity index is 2.62. The van der Waals surface area contributed by atoms with Crippen LogP contribution in [-0.4, -0.2) is 56.7 Å². The summed E-state index contributed by atoms with van der Waals surface area (Å²) in [7, 11) is -3.42. The van der Waals surface area contributed by atoms with Gasteiger partial charge in [0.2, 0.25) is 0 Å². The van der Waals surface area contributed by atoms with Crippen molar-refractivity contribution in [1.29, 1.82) is 0 Å². The van der Waals surface area contributed by atoms with E-state index in [0.717, 1.165) is 0 Å². The molecule has 0 aromatic rings. The van der Waals surface area contributed by atoms with E-state index in [0.29, 0.717) is 32.6 Å². The van der Waals surface area contributed by atoms with Crippen LogP contribution in [0.5, 0.6) is 0 Å². The number of rotatable bonds is 6. The maximum Gasteiger partial charge on any atom is 0.279 e. The molecule has 1 aliphatic rings. The molecule has 102 valence electrons. The molecule has 17 heavy (non-hydrogen) atoms. The van der Waals surface area contributed by atoms with Crippen molar-refractivity contribution < 1.29 is 13.5 Å². The Morgan fingerprint density at radius 1 is 1.35 bits per heavy atom. The average molecular weight is 265 g/mol. The van der Waals surface area contributed by atoms with Crippen molar-refractivity contribution in [2.24, 2.45) is 5.92 Å². The molecule has 1 heterocycles. The van der Waals surface area contributed by atoms with Crippen LogP contribution in [0.1, 0.15) is 20.3 Å². The third kappa shape index (κ3) is 4.51. The summed E-state index contributed by atoms with van der Waals surface area (Å²) in [6.45, 7) is 6.26. The monoisotopic (exact) mass is 265 g/mol. The third-order valence-electron chi connectivity index (χ3n) is 2.96. The summed E-state index contributed by atoms with van der Waals surface area (Å²) >= 11 is 0. The van der Waals surface area contributed by atoms with Gasteiger partial charge >= 0.3 is 0 Å². The van der Waals surface area contributed by atoms with Gasteiger partial charge in [-0.3, -0.25) is 0 Å². The van der Waals surface area contributed by atoms with E-state index in [2.05, 4.69) is 10.0 Å². The van der Waals surface area contributed by atoms with Gasteiger partial charge in [-0.05, 0) is 12.3 Å². The number of nitrogens with zero attached hydrogens (tertiary/aromatic N) is 1. The van der Waals surface area contributed by atoms with Crippen molar-refractivity contribution in [1.82, 2.24) is 14.3 Å². The van der Waals surface area contributed by atoms with Gasteiger partial charge in [-0.15, -0.1) is 0 Å². The molecule has 0 radical (unpaired) electrons. The minimum Gasteiger partial charge on any atom is -0.396 e. The molecule has 0 amide bonds. The van der Waals surface area contributed by atoms with Crippen LogP contribution in [0.4, 0.5) is 0 Å². The first-order valence-corrected chi connectivity index (χ1v) is 7.50. The Hall–Kier alpha value is -0.210. The molecular formula is C10H23N3O3S. The Morgan fingerprint density at radius 3 is 2.41 bits per heavy atom. The van der Waals surface area contributed by atoms with Crippen molar-refractivity contribution in [3.63, 3.8) is 0 Å². The molecule has 1 saturated heterocycles. The van der Waals surface area contributed by atoms with Crippen LogP contribution in [-0.2, 0) is 10.2 Å². The minimum absolute atomic E-state index is 0.00702. The van der Waals surface area contributed by atoms with Gasteiger partial charge in [0.05, 0.1) is 0 Å². The van der Waals surface area contributed by atoms with Gasteiger partial charge in [0.25, 0.3) is 10.2 Å². The Bertz CT molecular complexity index is 313. The Kier molecular flexibility index (Phi) is 5.81. The molecule has 0 bridgehead atoms. The van der Waals surface area contributed by atoms with Crippen molar-refractivity contribution in [3.05, 3.63) is 0 Å². The SMILES string of the molecule is CC(C)C(CCO)NS(=O)(=O)N1CCNCC1. The molecule has 0 saturated carbocycles. The van der Waals surface area contributed by atoms with Gasteiger partial charge in [0, 0.05) is 38.8 Å². The number of hydrogen-bond donors (Lipinski definition) is 3. The smallest absolute Gasteiger partial charge is 0.279 e. The van der Waals surface area contributed by atoms with E-state index in [1.165, 1.54) is 4.31 Å². The van der Waals surface area contributed by atoms with Gasteiger partial charge in [-0.1, -0.05) is 13.8 Å². The van der Waals surface area contributed by atoms with E-state index < -0.39 is 10.2 Å². The molecular weight excluding hydrogens is 242 g/mol. The van der Waals surface area contributed by atoms with E-state index in [1.807, 2.05) is 13.8 Å². The van der Waals surface area contributed by atoms with Gasteiger partial charge in [0.1, 0.15) is 0 Å². The highest BCUT2D eigenvalue weighted by Gasteiger charge is 2.27. The number of aliphatic hydroxyl groups is 1. The Labute approximate surface area is 104 Å². The Morgan fingerprint density at radius 2 is 1.94 bits per heavy atom. The molecule has 3 N–H and O–H groups in total. The summed E-state index contributed by atoms with van der Waals surface area (Å²) in [5.74, 6) is 0.167. The summed E-state index contributed by atoms with van der Waals surface area (Å²) in [4.78, 5) is 0. The fraction of sp³-hybridized carbons (Fsp3) is 1.00. The summed E-state index contributed by atoms with van der Waals surface area (Å²) in [6, 6.07) is -0.208. The molecule has 1 aliphatic heterocycles. The maximum absolute atomic E-state index is 12.1. The van der Waals surface area contributed by atoms with E-state index in [1.54, 1.807) is 0 Å². The molecule has 0 aromatic carbocycles. The van der Waals surface area contributed by atoms with Crippen LogP contribution in [0.25, 0.3) is 0 Å². The molecule has 1 rings (SSSR count). The topological polar surface area (TPSA) is 81.7 Å². The molecule has 6 nitrogen and oxygen atoms in total. The lowest BCUT2D eigenvalue weighted by Gasteiger charge is -2.30. The summed E-state index contributed by atoms with van der Waals surface area (Å²) in [5.41, 5.74) is 0. The van der Waals surface area contributed by atoms with E-state index in [-0.39, 0.29) is 18.6 Å². The highest BCUT2D eigenvalue weighted by atomic mass is 32.2. The zero-order chi connectivity index (χ0) is 12.9. The van der Waals surface area contributed by atoms with Crippen LogP contribution < -0.4 is 10.0 Å². The highest BCUT2D eigenvalue weighted by molar-refractivity contribution is 7.87. The normalized spacial score (nSPS) is 20.7. The molecule has 1 unspecified atom stereocenters. The number of hydrogen-bond acceptors (Lipinski definition) is 4. The standard InChI is InChI=1S/C10H23N3O3S/c1-9(2)10(3-8-14)12-17(15,16)13-6-4-11-5-7-13/h9-12,14H,3-8H2,1-2H3. The molecule has 0 aromatic heterocycles. The number of piperazine rings is 1. The van der Waals surface area contributed by atoms with Crippen LogP contribution in [0.2, 0.25) is 0 Å². The predicted molar refractivity (Wildman–Crippen MR) is 66.8 cm³/mol. The van der Waals surface area contributed by atoms with Crippen LogP contribution in [0, 0.1) is 5.92 Å². The van der Waals surface area contributed by atoms with Gasteiger partial charge in [0.15, 0.2) is 0 Å². The van der Waals surface area contributed by atoms with Crippen LogP contribution in [0.15, 0.2) is 0 Å². The van der Waals surface area contributed by atoms with Crippen molar-refractivity contribution in [3.8, 4) is 0 Å². The largest absolute Gasteiger partial charge is 0.396 e. The van der Waals surface area contributed by atoms with Gasteiger partial charge < -0.3 is 10.4 Å². The fourth-order valence-electron chi connectivity index (χ4n) is 1.82. The molecule has 1 fully saturated rings. The third-order valence-corrected chi connectivity index (χ3v) is 4.61. The quantitative estimate of drug-likeness (QED) is 0.583. The lowest BCUT2D eigenvalue weighted by Crippen LogP contribution is -2.53. The zero-order valence-corrected chi connectivity index (χ0v) is 11.3. The fourth-order valence-corrected chi connectivity index (χ4v) is 3.40. The zero-order valence-electron chi connectivity index (χ0n) is 10.5. The van der Waals surface area contributed by atoms with Crippen molar-refractivity contribution in [2.45, 2.75) is 26.3 Å². The second-order valence-electron chi connectivity index (χ2n) is 4.63. The molecule has 0 aliphatic carbocycles. The van der Waals surface area contributed by atoms with Crippen LogP contribution >= 0.6 is 0 Å². The average Bonchev–Trinajstić information content (AvgIpc) is 2.29. The second kappa shape index (κ2) is 6.65. The second-order valence-corrected chi connectivity index (χ2v) is 6.34. The lowest BCUT2D eigenvalue weighted by atomic mass is 10.0. The number of aliphatic hydroxyl groups excluding tert-OH is 1. The van der Waals surface area contributed by atoms with Crippen molar-refractivity contribution in [2.75, 3.05) is 32.8 Å². The summed E-state index contributed by atoms with van der Waals surface area (Å²) in [5, 5.41) is 12.0. The first kappa shape index (κ1) is 14.8. The molecule has 1 atom stereocenters. The molecule has 7 heteroatoms.